The van der Waals surface area contributed by atoms with Crippen LogP contribution in [-0.4, -0.2) is 25.0 Å². The van der Waals surface area contributed by atoms with Crippen molar-refractivity contribution in [2.24, 2.45) is 0 Å². The maximum absolute atomic E-state index is 11.6. The minimum Gasteiger partial charge on any atom is -0.466 e. The van der Waals surface area contributed by atoms with E-state index in [1.165, 1.54) is 0 Å². The average molecular weight is 246 g/mol. The van der Waals surface area contributed by atoms with Crippen molar-refractivity contribution in [1.29, 1.82) is 5.26 Å². The van der Waals surface area contributed by atoms with Gasteiger partial charge in [-0.2, -0.15) is 5.26 Å². The smallest absolute Gasteiger partial charge is 0.307 e. The lowest BCUT2D eigenvalue weighted by Gasteiger charge is -2.05. The minimum atomic E-state index is -0.336. The van der Waals surface area contributed by atoms with Crippen LogP contribution >= 0.6 is 0 Å². The highest BCUT2D eigenvalue weighted by Gasteiger charge is 2.06. The monoisotopic (exact) mass is 246 g/mol. The van der Waals surface area contributed by atoms with Crippen LogP contribution in [0.15, 0.2) is 24.3 Å². The molecule has 0 aliphatic heterocycles. The van der Waals surface area contributed by atoms with Crippen molar-refractivity contribution in [2.75, 3.05) is 13.2 Å². The van der Waals surface area contributed by atoms with Gasteiger partial charge >= 0.3 is 5.97 Å². The van der Waals surface area contributed by atoms with Gasteiger partial charge in [-0.25, -0.2) is 0 Å². The molecule has 0 aliphatic carbocycles. The summed E-state index contributed by atoms with van der Waals surface area (Å²) in [6.07, 6.45) is 0.149. The van der Waals surface area contributed by atoms with Gasteiger partial charge in [0.2, 0.25) is 0 Å². The van der Waals surface area contributed by atoms with Gasteiger partial charge in [-0.15, -0.1) is 0 Å². The third kappa shape index (κ3) is 4.26. The minimum absolute atomic E-state index is 0.149. The van der Waals surface area contributed by atoms with Crippen molar-refractivity contribution in [3.05, 3.63) is 35.4 Å². The number of nitriles is 1. The van der Waals surface area contributed by atoms with E-state index >= 15 is 0 Å². The zero-order chi connectivity index (χ0) is 13.4. The molecule has 0 saturated heterocycles. The Kier molecular flexibility index (Phi) is 5.39. The first-order chi connectivity index (χ1) is 8.67. The first kappa shape index (κ1) is 13.7. The molecule has 1 amide bonds. The lowest BCUT2D eigenvalue weighted by atomic mass is 10.1. The van der Waals surface area contributed by atoms with Crippen LogP contribution in [0, 0.1) is 11.3 Å². The van der Waals surface area contributed by atoms with E-state index in [9.17, 15) is 9.59 Å². The van der Waals surface area contributed by atoms with E-state index in [1.54, 1.807) is 31.2 Å². The van der Waals surface area contributed by atoms with Crippen molar-refractivity contribution in [3.8, 4) is 6.07 Å². The molecule has 0 atom stereocenters. The van der Waals surface area contributed by atoms with Gasteiger partial charge in [0.1, 0.15) is 0 Å². The molecule has 0 fully saturated rings. The van der Waals surface area contributed by atoms with Crippen LogP contribution in [0.25, 0.3) is 0 Å². The quantitative estimate of drug-likeness (QED) is 0.793. The molecule has 1 aromatic rings. The molecular weight excluding hydrogens is 232 g/mol. The number of nitrogens with one attached hydrogen (secondary N) is 1. The highest BCUT2D eigenvalue weighted by Crippen LogP contribution is 2.03. The van der Waals surface area contributed by atoms with Gasteiger partial charge in [0.15, 0.2) is 0 Å². The summed E-state index contributed by atoms with van der Waals surface area (Å²) in [5, 5.41) is 11.2. The van der Waals surface area contributed by atoms with E-state index in [0.717, 1.165) is 0 Å². The maximum Gasteiger partial charge on any atom is 0.307 e. The molecule has 18 heavy (non-hydrogen) atoms. The van der Waals surface area contributed by atoms with Gasteiger partial charge in [0.25, 0.3) is 5.91 Å². The molecule has 0 aromatic heterocycles. The molecule has 1 aromatic carbocycles. The van der Waals surface area contributed by atoms with Crippen LogP contribution in [0.5, 0.6) is 0 Å². The second kappa shape index (κ2) is 7.07. The summed E-state index contributed by atoms with van der Waals surface area (Å²) in [6.45, 7) is 2.30. The van der Waals surface area contributed by atoms with E-state index in [2.05, 4.69) is 5.32 Å². The summed E-state index contributed by atoms with van der Waals surface area (Å²) in [6, 6.07) is 8.25. The number of nitrogens with zero attached hydrogens (tertiary/aromatic N) is 1. The SMILES string of the molecule is CCOC(=O)CCNC(=O)c1ccc(C#N)cc1. The molecule has 0 spiro atoms. The number of hydrogen-bond acceptors (Lipinski definition) is 4. The molecule has 5 nitrogen and oxygen atoms in total. The Bertz CT molecular complexity index is 460. The molecule has 1 rings (SSSR count). The fourth-order valence-corrected chi connectivity index (χ4v) is 1.31. The van der Waals surface area contributed by atoms with Crippen molar-refractivity contribution in [2.45, 2.75) is 13.3 Å². The molecule has 1 N–H and O–H groups in total. The summed E-state index contributed by atoms with van der Waals surface area (Å²) in [5.74, 6) is -0.610. The standard InChI is InChI=1S/C13H14N2O3/c1-2-18-12(16)7-8-15-13(17)11-5-3-10(9-14)4-6-11/h3-6H,2,7-8H2,1H3,(H,15,17). The second-order valence-corrected chi connectivity index (χ2v) is 3.50. The van der Waals surface area contributed by atoms with Gasteiger partial charge in [0, 0.05) is 12.1 Å². The van der Waals surface area contributed by atoms with E-state index < -0.39 is 0 Å². The van der Waals surface area contributed by atoms with Crippen LogP contribution in [0.1, 0.15) is 29.3 Å². The van der Waals surface area contributed by atoms with Crippen molar-refractivity contribution in [1.82, 2.24) is 5.32 Å². The fraction of sp³-hybridized carbons (Fsp3) is 0.308. The topological polar surface area (TPSA) is 79.2 Å². The number of amides is 1. The lowest BCUT2D eigenvalue weighted by molar-refractivity contribution is -0.142. The lowest BCUT2D eigenvalue weighted by Crippen LogP contribution is -2.26. The summed E-state index contributed by atoms with van der Waals surface area (Å²) in [4.78, 5) is 22.7. The Morgan fingerprint density at radius 3 is 2.56 bits per heavy atom. The van der Waals surface area contributed by atoms with E-state index in [1.807, 2.05) is 6.07 Å². The van der Waals surface area contributed by atoms with Gasteiger partial charge < -0.3 is 10.1 Å². The van der Waals surface area contributed by atoms with E-state index in [-0.39, 0.29) is 24.8 Å². The van der Waals surface area contributed by atoms with Crippen molar-refractivity contribution >= 4 is 11.9 Å². The molecule has 0 heterocycles. The summed E-state index contributed by atoms with van der Waals surface area (Å²) < 4.78 is 4.73. The predicted octanol–water partition coefficient (Wildman–Crippen LogP) is 1.24. The molecule has 0 unspecified atom stereocenters. The molecular formula is C13H14N2O3. The van der Waals surface area contributed by atoms with Crippen molar-refractivity contribution in [3.63, 3.8) is 0 Å². The molecule has 0 saturated carbocycles. The number of rotatable bonds is 5. The Morgan fingerprint density at radius 1 is 1.33 bits per heavy atom. The molecule has 0 bridgehead atoms. The highest BCUT2D eigenvalue weighted by molar-refractivity contribution is 5.94. The normalized spacial score (nSPS) is 9.33. The Morgan fingerprint density at radius 2 is 2.00 bits per heavy atom. The van der Waals surface area contributed by atoms with Gasteiger partial charge in [-0.05, 0) is 31.2 Å². The van der Waals surface area contributed by atoms with Crippen LogP contribution < -0.4 is 5.32 Å². The largest absolute Gasteiger partial charge is 0.466 e. The highest BCUT2D eigenvalue weighted by atomic mass is 16.5. The number of ether oxygens (including phenoxy) is 1. The summed E-state index contributed by atoms with van der Waals surface area (Å²) in [5.41, 5.74) is 0.955. The first-order valence-electron chi connectivity index (χ1n) is 5.61. The Balaban J connectivity index is 2.41. The number of benzene rings is 1. The van der Waals surface area contributed by atoms with Crippen molar-refractivity contribution < 1.29 is 14.3 Å². The maximum atomic E-state index is 11.6. The zero-order valence-corrected chi connectivity index (χ0v) is 10.1. The van der Waals surface area contributed by atoms with E-state index in [4.69, 9.17) is 10.00 Å². The number of carbonyl (C=O) groups is 2. The van der Waals surface area contributed by atoms with E-state index in [0.29, 0.717) is 17.7 Å². The third-order valence-electron chi connectivity index (χ3n) is 2.20. The molecule has 94 valence electrons. The zero-order valence-electron chi connectivity index (χ0n) is 10.1. The summed E-state index contributed by atoms with van der Waals surface area (Å²) >= 11 is 0. The number of hydrogen-bond donors (Lipinski definition) is 1. The van der Waals surface area contributed by atoms with Crippen LogP contribution in [0.2, 0.25) is 0 Å². The summed E-state index contributed by atoms with van der Waals surface area (Å²) in [7, 11) is 0. The van der Waals surface area contributed by atoms with Crippen LogP contribution in [0.4, 0.5) is 0 Å². The number of esters is 1. The fourth-order valence-electron chi connectivity index (χ4n) is 1.31. The molecule has 5 heteroatoms. The van der Waals surface area contributed by atoms with Crippen LogP contribution in [-0.2, 0) is 9.53 Å². The predicted molar refractivity (Wildman–Crippen MR) is 64.7 cm³/mol. The third-order valence-corrected chi connectivity index (χ3v) is 2.20. The Labute approximate surface area is 105 Å². The van der Waals surface area contributed by atoms with Crippen LogP contribution in [0.3, 0.4) is 0 Å². The molecule has 0 aliphatic rings. The van der Waals surface area contributed by atoms with Gasteiger partial charge in [-0.3, -0.25) is 9.59 Å². The Hall–Kier alpha value is -2.35. The van der Waals surface area contributed by atoms with Gasteiger partial charge in [-0.1, -0.05) is 0 Å². The second-order valence-electron chi connectivity index (χ2n) is 3.50. The number of carbonyl (C=O) groups excluding carboxylic acids is 2. The van der Waals surface area contributed by atoms with Gasteiger partial charge in [0.05, 0.1) is 24.7 Å². The average Bonchev–Trinajstić information content (AvgIpc) is 2.39. The molecule has 0 radical (unpaired) electrons. The first-order valence-corrected chi connectivity index (χ1v) is 5.61.